The van der Waals surface area contributed by atoms with Crippen molar-refractivity contribution in [2.45, 2.75) is 25.6 Å². The van der Waals surface area contributed by atoms with Gasteiger partial charge in [0, 0.05) is 19.3 Å². The molecule has 0 saturated carbocycles. The number of ether oxygens (including phenoxy) is 1. The van der Waals surface area contributed by atoms with E-state index >= 15 is 0 Å². The molecule has 0 bridgehead atoms. The summed E-state index contributed by atoms with van der Waals surface area (Å²) in [5.74, 6) is 0.912. The van der Waals surface area contributed by atoms with E-state index in [2.05, 4.69) is 37.5 Å². The van der Waals surface area contributed by atoms with Crippen LogP contribution in [0.4, 0.5) is 5.82 Å². The van der Waals surface area contributed by atoms with Gasteiger partial charge in [-0.05, 0) is 36.4 Å². The predicted octanol–water partition coefficient (Wildman–Crippen LogP) is 1.06. The first kappa shape index (κ1) is 13.0. The third-order valence-corrected chi connectivity index (χ3v) is 3.39. The minimum atomic E-state index is -0.278. The highest BCUT2D eigenvalue weighted by Gasteiger charge is 2.34. The lowest BCUT2D eigenvalue weighted by atomic mass is 10.1. The largest absolute Gasteiger partial charge is 0.394 e. The maximum atomic E-state index is 9.27. The molecule has 17 heavy (non-hydrogen) atoms. The van der Waals surface area contributed by atoms with Crippen molar-refractivity contribution in [1.29, 1.82) is 0 Å². The van der Waals surface area contributed by atoms with Gasteiger partial charge in [0.2, 0.25) is 0 Å². The van der Waals surface area contributed by atoms with Crippen molar-refractivity contribution in [1.82, 2.24) is 9.97 Å². The molecule has 0 aromatic carbocycles. The van der Waals surface area contributed by atoms with Gasteiger partial charge in [-0.1, -0.05) is 0 Å². The van der Waals surface area contributed by atoms with Crippen LogP contribution < -0.4 is 4.90 Å². The second-order valence-corrected chi connectivity index (χ2v) is 5.92. The van der Waals surface area contributed by atoms with Crippen LogP contribution in [-0.2, 0) is 4.74 Å². The Balaban J connectivity index is 2.24. The smallest absolute Gasteiger partial charge is 0.145 e. The Morgan fingerprint density at radius 2 is 2.41 bits per heavy atom. The molecule has 1 atom stereocenters. The van der Waals surface area contributed by atoms with Gasteiger partial charge in [0.25, 0.3) is 0 Å². The number of morpholine rings is 1. The molecule has 2 heterocycles. The minimum Gasteiger partial charge on any atom is -0.394 e. The Hall–Kier alpha value is -0.470. The van der Waals surface area contributed by atoms with Crippen LogP contribution in [-0.4, -0.2) is 46.5 Å². The summed E-state index contributed by atoms with van der Waals surface area (Å²) in [5.41, 5.74) is -0.278. The molecule has 1 N–H and O–H groups in total. The summed E-state index contributed by atoms with van der Waals surface area (Å²) in [6, 6.07) is 0. The molecule has 1 unspecified atom stereocenters. The highest BCUT2D eigenvalue weighted by molar-refractivity contribution is 14.1. The number of aromatic nitrogens is 2. The lowest BCUT2D eigenvalue weighted by Gasteiger charge is -2.43. The number of halogens is 1. The molecular formula is C11H16IN3O2. The average molecular weight is 349 g/mol. The first-order valence-electron chi connectivity index (χ1n) is 5.51. The summed E-state index contributed by atoms with van der Waals surface area (Å²) in [6.07, 6.45) is 3.18. The lowest BCUT2D eigenvalue weighted by Crippen LogP contribution is -2.54. The second-order valence-electron chi connectivity index (χ2n) is 4.76. The molecule has 1 aromatic heterocycles. The number of anilines is 1. The van der Waals surface area contributed by atoms with Gasteiger partial charge in [-0.2, -0.15) is 0 Å². The number of rotatable bonds is 2. The van der Waals surface area contributed by atoms with E-state index in [1.807, 2.05) is 13.8 Å². The van der Waals surface area contributed by atoms with E-state index in [1.165, 1.54) is 0 Å². The molecule has 1 fully saturated rings. The van der Waals surface area contributed by atoms with Gasteiger partial charge in [0.15, 0.2) is 0 Å². The molecule has 94 valence electrons. The van der Waals surface area contributed by atoms with Gasteiger partial charge in [-0.3, -0.25) is 0 Å². The van der Waals surface area contributed by atoms with Gasteiger partial charge >= 0.3 is 0 Å². The summed E-state index contributed by atoms with van der Waals surface area (Å²) in [5, 5.41) is 9.27. The molecule has 1 aliphatic rings. The van der Waals surface area contributed by atoms with Crippen molar-refractivity contribution in [3.8, 4) is 0 Å². The first-order chi connectivity index (χ1) is 8.02. The maximum Gasteiger partial charge on any atom is 0.145 e. The summed E-state index contributed by atoms with van der Waals surface area (Å²) in [7, 11) is 0. The van der Waals surface area contributed by atoms with Crippen LogP contribution in [0, 0.1) is 3.57 Å². The summed E-state index contributed by atoms with van der Waals surface area (Å²) < 4.78 is 6.79. The maximum absolute atomic E-state index is 9.27. The zero-order valence-corrected chi connectivity index (χ0v) is 12.1. The molecule has 5 nitrogen and oxygen atoms in total. The van der Waals surface area contributed by atoms with Crippen LogP contribution in [0.15, 0.2) is 12.5 Å². The monoisotopic (exact) mass is 349 g/mol. The van der Waals surface area contributed by atoms with Crippen molar-refractivity contribution in [3.63, 3.8) is 0 Å². The van der Waals surface area contributed by atoms with E-state index in [0.717, 1.165) is 15.9 Å². The third-order valence-electron chi connectivity index (χ3n) is 2.63. The van der Waals surface area contributed by atoms with Gasteiger partial charge < -0.3 is 14.7 Å². The predicted molar refractivity (Wildman–Crippen MR) is 73.0 cm³/mol. The fourth-order valence-corrected chi connectivity index (χ4v) is 2.73. The normalized spacial score (nSPS) is 23.8. The average Bonchev–Trinajstić information content (AvgIpc) is 2.27. The van der Waals surface area contributed by atoms with Crippen molar-refractivity contribution in [2.75, 3.05) is 24.6 Å². The molecule has 0 spiro atoms. The molecule has 1 saturated heterocycles. The Morgan fingerprint density at radius 1 is 1.65 bits per heavy atom. The standard InChI is InChI=1S/C11H16IN3O2/c1-11(2)6-15(4-8(5-16)17-11)10-9(12)3-13-7-14-10/h3,7-8,16H,4-6H2,1-2H3. The quantitative estimate of drug-likeness (QED) is 0.810. The Morgan fingerprint density at radius 3 is 3.06 bits per heavy atom. The Kier molecular flexibility index (Phi) is 3.84. The molecule has 2 rings (SSSR count). The van der Waals surface area contributed by atoms with Crippen molar-refractivity contribution < 1.29 is 9.84 Å². The van der Waals surface area contributed by atoms with E-state index in [0.29, 0.717) is 6.54 Å². The van der Waals surface area contributed by atoms with E-state index in [1.54, 1.807) is 12.5 Å². The zero-order valence-electron chi connectivity index (χ0n) is 9.93. The fourth-order valence-electron chi connectivity index (χ4n) is 2.09. The second kappa shape index (κ2) is 5.03. The molecule has 0 aliphatic carbocycles. The van der Waals surface area contributed by atoms with Crippen LogP contribution in [0.5, 0.6) is 0 Å². The summed E-state index contributed by atoms with van der Waals surface area (Å²) in [4.78, 5) is 10.4. The van der Waals surface area contributed by atoms with Crippen LogP contribution in [0.25, 0.3) is 0 Å². The number of nitrogens with zero attached hydrogens (tertiary/aromatic N) is 3. The SMILES string of the molecule is CC1(C)CN(c2ncncc2I)CC(CO)O1. The van der Waals surface area contributed by atoms with E-state index < -0.39 is 0 Å². The number of aliphatic hydroxyl groups excluding tert-OH is 1. The highest BCUT2D eigenvalue weighted by Crippen LogP contribution is 2.27. The van der Waals surface area contributed by atoms with Gasteiger partial charge in [-0.25, -0.2) is 9.97 Å². The molecule has 0 amide bonds. The molecule has 1 aromatic rings. The summed E-state index contributed by atoms with van der Waals surface area (Å²) >= 11 is 2.22. The highest BCUT2D eigenvalue weighted by atomic mass is 127. The number of aliphatic hydroxyl groups is 1. The Labute approximate surface area is 114 Å². The van der Waals surface area contributed by atoms with Crippen LogP contribution in [0.3, 0.4) is 0 Å². The molecule has 0 radical (unpaired) electrons. The molecular weight excluding hydrogens is 333 g/mol. The van der Waals surface area contributed by atoms with Crippen molar-refractivity contribution >= 4 is 28.4 Å². The first-order valence-corrected chi connectivity index (χ1v) is 6.59. The van der Waals surface area contributed by atoms with Crippen LogP contribution >= 0.6 is 22.6 Å². The topological polar surface area (TPSA) is 58.5 Å². The van der Waals surface area contributed by atoms with Crippen molar-refractivity contribution in [3.05, 3.63) is 16.1 Å². The number of hydrogen-bond donors (Lipinski definition) is 1. The summed E-state index contributed by atoms with van der Waals surface area (Å²) in [6.45, 7) is 5.50. The molecule has 1 aliphatic heterocycles. The van der Waals surface area contributed by atoms with Gasteiger partial charge in [0.05, 0.1) is 21.9 Å². The van der Waals surface area contributed by atoms with E-state index in [4.69, 9.17) is 4.74 Å². The van der Waals surface area contributed by atoms with Crippen molar-refractivity contribution in [2.24, 2.45) is 0 Å². The zero-order chi connectivity index (χ0) is 12.5. The fraction of sp³-hybridized carbons (Fsp3) is 0.636. The van der Waals surface area contributed by atoms with Crippen LogP contribution in [0.2, 0.25) is 0 Å². The molecule has 6 heteroatoms. The minimum absolute atomic E-state index is 0.0294. The van der Waals surface area contributed by atoms with E-state index in [9.17, 15) is 5.11 Å². The number of hydrogen-bond acceptors (Lipinski definition) is 5. The lowest BCUT2D eigenvalue weighted by molar-refractivity contribution is -0.101. The van der Waals surface area contributed by atoms with Gasteiger partial charge in [0.1, 0.15) is 12.1 Å². The van der Waals surface area contributed by atoms with E-state index in [-0.39, 0.29) is 18.3 Å². The Bertz CT molecular complexity index is 400. The van der Waals surface area contributed by atoms with Crippen LogP contribution in [0.1, 0.15) is 13.8 Å². The van der Waals surface area contributed by atoms with Gasteiger partial charge in [-0.15, -0.1) is 0 Å². The third kappa shape index (κ3) is 3.05.